The summed E-state index contributed by atoms with van der Waals surface area (Å²) >= 11 is 9.48. The van der Waals surface area contributed by atoms with E-state index in [1.165, 1.54) is 5.56 Å². The number of aliphatic hydroxyl groups is 1. The summed E-state index contributed by atoms with van der Waals surface area (Å²) in [4.78, 5) is 0. The van der Waals surface area contributed by atoms with Crippen molar-refractivity contribution in [3.05, 3.63) is 68.7 Å². The van der Waals surface area contributed by atoms with Gasteiger partial charge in [0, 0.05) is 22.6 Å². The van der Waals surface area contributed by atoms with Gasteiger partial charge in [-0.15, -0.1) is 0 Å². The van der Waals surface area contributed by atoms with Crippen molar-refractivity contribution in [3.8, 4) is 0 Å². The Labute approximate surface area is 126 Å². The number of halogens is 2. The fourth-order valence-electron chi connectivity index (χ4n) is 1.78. The Morgan fingerprint density at radius 1 is 1.00 bits per heavy atom. The first-order valence-electron chi connectivity index (χ1n) is 6.02. The molecule has 0 heterocycles. The molecular weight excluding hydrogens is 326 g/mol. The van der Waals surface area contributed by atoms with Crippen LogP contribution in [0.1, 0.15) is 16.7 Å². The summed E-state index contributed by atoms with van der Waals surface area (Å²) in [6.07, 6.45) is 0. The Bertz CT molecular complexity index is 542. The quantitative estimate of drug-likeness (QED) is 0.865. The molecule has 2 aromatic carbocycles. The molecule has 0 saturated heterocycles. The largest absolute Gasteiger partial charge is 0.392 e. The van der Waals surface area contributed by atoms with Crippen molar-refractivity contribution in [1.29, 1.82) is 0 Å². The molecule has 2 rings (SSSR count). The van der Waals surface area contributed by atoms with Crippen LogP contribution in [0.25, 0.3) is 0 Å². The minimum Gasteiger partial charge on any atom is -0.392 e. The lowest BCUT2D eigenvalue weighted by atomic mass is 10.1. The van der Waals surface area contributed by atoms with E-state index in [0.29, 0.717) is 0 Å². The van der Waals surface area contributed by atoms with Crippen LogP contribution in [-0.2, 0) is 19.7 Å². The third kappa shape index (κ3) is 4.32. The third-order valence-corrected chi connectivity index (χ3v) is 3.87. The number of nitrogens with one attached hydrogen (secondary N) is 1. The number of rotatable bonds is 5. The van der Waals surface area contributed by atoms with Crippen molar-refractivity contribution in [2.75, 3.05) is 0 Å². The maximum atomic E-state index is 8.98. The van der Waals surface area contributed by atoms with E-state index < -0.39 is 0 Å². The standard InChI is InChI=1S/C15H15BrClNO/c16-15-6-5-14(17)7-13(15)9-18-8-11-1-3-12(10-19)4-2-11/h1-7,18-19H,8-10H2. The van der Waals surface area contributed by atoms with E-state index in [-0.39, 0.29) is 6.61 Å². The van der Waals surface area contributed by atoms with Crippen LogP contribution in [0.3, 0.4) is 0 Å². The molecule has 0 aliphatic heterocycles. The van der Waals surface area contributed by atoms with Gasteiger partial charge in [-0.3, -0.25) is 0 Å². The molecule has 2 nitrogen and oxygen atoms in total. The maximum absolute atomic E-state index is 8.98. The molecule has 0 saturated carbocycles. The Balaban J connectivity index is 1.90. The minimum absolute atomic E-state index is 0.0865. The van der Waals surface area contributed by atoms with Crippen LogP contribution < -0.4 is 5.32 Å². The highest BCUT2D eigenvalue weighted by molar-refractivity contribution is 9.10. The SMILES string of the molecule is OCc1ccc(CNCc2cc(Cl)ccc2Br)cc1. The predicted octanol–water partition coefficient (Wildman–Crippen LogP) is 3.88. The molecule has 0 unspecified atom stereocenters. The summed E-state index contributed by atoms with van der Waals surface area (Å²) in [5.41, 5.74) is 3.26. The van der Waals surface area contributed by atoms with Crippen molar-refractivity contribution < 1.29 is 5.11 Å². The summed E-state index contributed by atoms with van der Waals surface area (Å²) in [7, 11) is 0. The minimum atomic E-state index is 0.0865. The van der Waals surface area contributed by atoms with Crippen LogP contribution in [0.5, 0.6) is 0 Å². The van der Waals surface area contributed by atoms with Gasteiger partial charge in [0.25, 0.3) is 0 Å². The Morgan fingerprint density at radius 3 is 2.37 bits per heavy atom. The summed E-state index contributed by atoms with van der Waals surface area (Å²) in [5.74, 6) is 0. The number of hydrogen-bond acceptors (Lipinski definition) is 2. The highest BCUT2D eigenvalue weighted by Gasteiger charge is 2.01. The molecule has 0 atom stereocenters. The van der Waals surface area contributed by atoms with Gasteiger partial charge in [0.1, 0.15) is 0 Å². The third-order valence-electron chi connectivity index (χ3n) is 2.86. The summed E-state index contributed by atoms with van der Waals surface area (Å²) in [6, 6.07) is 13.7. The first-order valence-corrected chi connectivity index (χ1v) is 7.19. The predicted molar refractivity (Wildman–Crippen MR) is 82.1 cm³/mol. The lowest BCUT2D eigenvalue weighted by Crippen LogP contribution is -2.13. The molecule has 100 valence electrons. The van der Waals surface area contributed by atoms with Gasteiger partial charge in [0.2, 0.25) is 0 Å². The number of aliphatic hydroxyl groups excluding tert-OH is 1. The van der Waals surface area contributed by atoms with Gasteiger partial charge in [0.15, 0.2) is 0 Å². The van der Waals surface area contributed by atoms with Gasteiger partial charge in [-0.2, -0.15) is 0 Å². The van der Waals surface area contributed by atoms with Crippen LogP contribution in [0.4, 0.5) is 0 Å². The van der Waals surface area contributed by atoms with Crippen molar-refractivity contribution in [3.63, 3.8) is 0 Å². The number of hydrogen-bond donors (Lipinski definition) is 2. The molecule has 0 fully saturated rings. The van der Waals surface area contributed by atoms with Crippen LogP contribution in [0, 0.1) is 0 Å². The lowest BCUT2D eigenvalue weighted by Gasteiger charge is -2.08. The van der Waals surface area contributed by atoms with E-state index in [1.807, 2.05) is 42.5 Å². The van der Waals surface area contributed by atoms with Gasteiger partial charge in [-0.1, -0.05) is 51.8 Å². The van der Waals surface area contributed by atoms with Crippen molar-refractivity contribution >= 4 is 27.5 Å². The fourth-order valence-corrected chi connectivity index (χ4v) is 2.36. The molecule has 0 radical (unpaired) electrons. The molecule has 2 N–H and O–H groups in total. The van der Waals surface area contributed by atoms with Gasteiger partial charge in [-0.05, 0) is 34.9 Å². The van der Waals surface area contributed by atoms with E-state index in [2.05, 4.69) is 21.2 Å². The maximum Gasteiger partial charge on any atom is 0.0681 e. The highest BCUT2D eigenvalue weighted by Crippen LogP contribution is 2.21. The van der Waals surface area contributed by atoms with E-state index in [0.717, 1.165) is 33.7 Å². The highest BCUT2D eigenvalue weighted by atomic mass is 79.9. The van der Waals surface area contributed by atoms with Crippen molar-refractivity contribution in [2.45, 2.75) is 19.7 Å². The zero-order chi connectivity index (χ0) is 13.7. The molecule has 0 aliphatic rings. The first kappa shape index (κ1) is 14.5. The van der Waals surface area contributed by atoms with Crippen LogP contribution in [0.15, 0.2) is 46.9 Å². The van der Waals surface area contributed by atoms with E-state index in [4.69, 9.17) is 16.7 Å². The van der Waals surface area contributed by atoms with E-state index >= 15 is 0 Å². The molecule has 0 aliphatic carbocycles. The van der Waals surface area contributed by atoms with Crippen LogP contribution in [0.2, 0.25) is 5.02 Å². The average Bonchev–Trinajstić information content (AvgIpc) is 2.43. The van der Waals surface area contributed by atoms with E-state index in [1.54, 1.807) is 0 Å². The van der Waals surface area contributed by atoms with E-state index in [9.17, 15) is 0 Å². The van der Waals surface area contributed by atoms with Gasteiger partial charge in [-0.25, -0.2) is 0 Å². The van der Waals surface area contributed by atoms with Crippen molar-refractivity contribution in [2.24, 2.45) is 0 Å². The first-order chi connectivity index (χ1) is 9.19. The van der Waals surface area contributed by atoms with Gasteiger partial charge >= 0.3 is 0 Å². The molecule has 4 heteroatoms. The molecule has 2 aromatic rings. The second kappa shape index (κ2) is 7.06. The second-order valence-corrected chi connectivity index (χ2v) is 5.60. The monoisotopic (exact) mass is 339 g/mol. The Hall–Kier alpha value is -0.870. The van der Waals surface area contributed by atoms with Crippen molar-refractivity contribution in [1.82, 2.24) is 5.32 Å². The normalized spacial score (nSPS) is 10.7. The Morgan fingerprint density at radius 2 is 1.68 bits per heavy atom. The van der Waals surface area contributed by atoms with Gasteiger partial charge in [0.05, 0.1) is 6.61 Å². The van der Waals surface area contributed by atoms with Gasteiger partial charge < -0.3 is 10.4 Å². The summed E-state index contributed by atoms with van der Waals surface area (Å²) in [5, 5.41) is 13.1. The molecule has 0 spiro atoms. The fraction of sp³-hybridized carbons (Fsp3) is 0.200. The molecule has 19 heavy (non-hydrogen) atoms. The summed E-state index contributed by atoms with van der Waals surface area (Å²) < 4.78 is 1.06. The smallest absolute Gasteiger partial charge is 0.0681 e. The topological polar surface area (TPSA) is 32.3 Å². The molecular formula is C15H15BrClNO. The second-order valence-electron chi connectivity index (χ2n) is 4.31. The number of benzene rings is 2. The molecule has 0 bridgehead atoms. The average molecular weight is 341 g/mol. The lowest BCUT2D eigenvalue weighted by molar-refractivity contribution is 0.282. The molecule has 0 amide bonds. The van der Waals surface area contributed by atoms with Crippen LogP contribution in [-0.4, -0.2) is 5.11 Å². The Kier molecular flexibility index (Phi) is 5.40. The zero-order valence-electron chi connectivity index (χ0n) is 10.4. The zero-order valence-corrected chi connectivity index (χ0v) is 12.7. The van der Waals surface area contributed by atoms with Crippen LogP contribution >= 0.6 is 27.5 Å². The molecule has 0 aromatic heterocycles. The summed E-state index contributed by atoms with van der Waals surface area (Å²) in [6.45, 7) is 1.62.